The van der Waals surface area contributed by atoms with Crippen LogP contribution in [-0.2, 0) is 9.53 Å². The molecule has 0 atom stereocenters. The predicted molar refractivity (Wildman–Crippen MR) is 101 cm³/mol. The van der Waals surface area contributed by atoms with E-state index in [1.165, 1.54) is 0 Å². The van der Waals surface area contributed by atoms with Crippen LogP contribution in [0.2, 0.25) is 0 Å². The summed E-state index contributed by atoms with van der Waals surface area (Å²) in [5.41, 5.74) is 7.95. The van der Waals surface area contributed by atoms with E-state index in [1.807, 2.05) is 25.1 Å². The number of hydrogen-bond donors (Lipinski definition) is 3. The summed E-state index contributed by atoms with van der Waals surface area (Å²) < 4.78 is 5.29. The molecule has 1 aliphatic rings. The minimum Gasteiger partial charge on any atom is -0.381 e. The zero-order valence-electron chi connectivity index (χ0n) is 14.7. The monoisotopic (exact) mass is 353 g/mol. The van der Waals surface area contributed by atoms with Gasteiger partial charge in [-0.1, -0.05) is 24.3 Å². The first-order chi connectivity index (χ1) is 12.5. The molecule has 1 fully saturated rings. The fourth-order valence-electron chi connectivity index (χ4n) is 2.90. The number of rotatable bonds is 4. The number of benzene rings is 2. The molecule has 2 amide bonds. The molecule has 6 heteroatoms. The van der Waals surface area contributed by atoms with E-state index < -0.39 is 5.54 Å². The molecule has 3 rings (SSSR count). The van der Waals surface area contributed by atoms with E-state index in [-0.39, 0.29) is 11.8 Å². The molecule has 6 nitrogen and oxygen atoms in total. The SMILES string of the molecule is Cc1c(NC(=O)c2ccccc2)cccc1NC(=O)C1(N)CCOCC1. The van der Waals surface area contributed by atoms with E-state index in [0.29, 0.717) is 43.0 Å². The molecule has 0 saturated carbocycles. The maximum absolute atomic E-state index is 12.6. The number of ether oxygens (including phenoxy) is 1. The highest BCUT2D eigenvalue weighted by atomic mass is 16.5. The predicted octanol–water partition coefficient (Wildman–Crippen LogP) is 2.69. The Bertz CT molecular complexity index is 799. The summed E-state index contributed by atoms with van der Waals surface area (Å²) >= 11 is 0. The molecule has 0 aromatic heterocycles. The summed E-state index contributed by atoms with van der Waals surface area (Å²) in [6.45, 7) is 2.82. The first-order valence-corrected chi connectivity index (χ1v) is 8.64. The van der Waals surface area contributed by atoms with Crippen molar-refractivity contribution >= 4 is 23.2 Å². The average molecular weight is 353 g/mol. The first-order valence-electron chi connectivity index (χ1n) is 8.64. The van der Waals surface area contributed by atoms with Crippen LogP contribution < -0.4 is 16.4 Å². The van der Waals surface area contributed by atoms with Crippen LogP contribution in [0.15, 0.2) is 48.5 Å². The molecule has 1 heterocycles. The van der Waals surface area contributed by atoms with Crippen LogP contribution in [0.25, 0.3) is 0 Å². The van der Waals surface area contributed by atoms with Crippen LogP contribution in [0.5, 0.6) is 0 Å². The molecule has 1 aliphatic heterocycles. The highest BCUT2D eigenvalue weighted by molar-refractivity contribution is 6.05. The lowest BCUT2D eigenvalue weighted by molar-refractivity contribution is -0.124. The quantitative estimate of drug-likeness (QED) is 0.788. The summed E-state index contributed by atoms with van der Waals surface area (Å²) in [5.74, 6) is -0.424. The number of amides is 2. The Kier molecular flexibility index (Phi) is 5.35. The van der Waals surface area contributed by atoms with E-state index >= 15 is 0 Å². The smallest absolute Gasteiger partial charge is 0.255 e. The normalized spacial score (nSPS) is 15.9. The summed E-state index contributed by atoms with van der Waals surface area (Å²) in [5, 5.41) is 5.79. The molecule has 1 saturated heterocycles. The van der Waals surface area contributed by atoms with Crippen molar-refractivity contribution in [2.24, 2.45) is 5.73 Å². The summed E-state index contributed by atoms with van der Waals surface area (Å²) in [6, 6.07) is 14.4. The van der Waals surface area contributed by atoms with Crippen LogP contribution in [0.3, 0.4) is 0 Å². The summed E-state index contributed by atoms with van der Waals surface area (Å²) in [7, 11) is 0. The number of hydrogen-bond acceptors (Lipinski definition) is 4. The number of anilines is 2. The third kappa shape index (κ3) is 3.92. The molecule has 4 N–H and O–H groups in total. The molecular formula is C20H23N3O3. The van der Waals surface area contributed by atoms with Crippen molar-refractivity contribution in [2.75, 3.05) is 23.8 Å². The molecule has 0 spiro atoms. The molecule has 0 aliphatic carbocycles. The molecule has 0 unspecified atom stereocenters. The Morgan fingerprint density at radius 2 is 1.58 bits per heavy atom. The Morgan fingerprint density at radius 3 is 2.23 bits per heavy atom. The lowest BCUT2D eigenvalue weighted by Gasteiger charge is -2.32. The third-order valence-corrected chi connectivity index (χ3v) is 4.70. The third-order valence-electron chi connectivity index (χ3n) is 4.70. The Labute approximate surface area is 152 Å². The number of nitrogens with one attached hydrogen (secondary N) is 2. The van der Waals surface area contributed by atoms with Crippen LogP contribution in [0.4, 0.5) is 11.4 Å². The molecule has 26 heavy (non-hydrogen) atoms. The van der Waals surface area contributed by atoms with Crippen LogP contribution in [0.1, 0.15) is 28.8 Å². The maximum Gasteiger partial charge on any atom is 0.255 e. The molecule has 2 aromatic rings. The Morgan fingerprint density at radius 1 is 0.962 bits per heavy atom. The van der Waals surface area contributed by atoms with E-state index in [0.717, 1.165) is 5.56 Å². The second-order valence-electron chi connectivity index (χ2n) is 6.52. The average Bonchev–Trinajstić information content (AvgIpc) is 2.66. The minimum atomic E-state index is -0.923. The summed E-state index contributed by atoms with van der Waals surface area (Å²) in [4.78, 5) is 25.0. The summed E-state index contributed by atoms with van der Waals surface area (Å²) in [6.07, 6.45) is 0.977. The lowest BCUT2D eigenvalue weighted by atomic mass is 9.90. The van der Waals surface area contributed by atoms with Crippen molar-refractivity contribution in [3.8, 4) is 0 Å². The standard InChI is InChI=1S/C20H23N3O3/c1-14-16(22-18(24)15-6-3-2-4-7-15)8-5-9-17(14)23-19(25)20(21)10-12-26-13-11-20/h2-9H,10-13,21H2,1H3,(H,22,24)(H,23,25). The van der Waals surface area contributed by atoms with Gasteiger partial charge < -0.3 is 21.1 Å². The van der Waals surface area contributed by atoms with Crippen molar-refractivity contribution in [1.29, 1.82) is 0 Å². The van der Waals surface area contributed by atoms with Gasteiger partial charge in [-0.3, -0.25) is 9.59 Å². The van der Waals surface area contributed by atoms with Gasteiger partial charge in [0, 0.05) is 30.2 Å². The molecule has 0 bridgehead atoms. The fraction of sp³-hybridized carbons (Fsp3) is 0.300. The number of nitrogens with two attached hydrogens (primary N) is 1. The van der Waals surface area contributed by atoms with Gasteiger partial charge in [0.25, 0.3) is 5.91 Å². The van der Waals surface area contributed by atoms with Crippen molar-refractivity contribution in [3.05, 3.63) is 59.7 Å². The molecule has 136 valence electrons. The Balaban J connectivity index is 1.75. The van der Waals surface area contributed by atoms with Gasteiger partial charge in [-0.15, -0.1) is 0 Å². The zero-order valence-corrected chi connectivity index (χ0v) is 14.7. The molecule has 2 aromatic carbocycles. The molecular weight excluding hydrogens is 330 g/mol. The highest BCUT2D eigenvalue weighted by Crippen LogP contribution is 2.26. The van der Waals surface area contributed by atoms with E-state index in [9.17, 15) is 9.59 Å². The largest absolute Gasteiger partial charge is 0.381 e. The lowest BCUT2D eigenvalue weighted by Crippen LogP contribution is -2.54. The second kappa shape index (κ2) is 7.68. The van der Waals surface area contributed by atoms with Crippen molar-refractivity contribution in [1.82, 2.24) is 0 Å². The van der Waals surface area contributed by atoms with E-state index in [2.05, 4.69) is 10.6 Å². The van der Waals surface area contributed by atoms with Gasteiger partial charge in [-0.2, -0.15) is 0 Å². The van der Waals surface area contributed by atoms with Gasteiger partial charge in [-0.05, 0) is 49.6 Å². The fourth-order valence-corrected chi connectivity index (χ4v) is 2.90. The van der Waals surface area contributed by atoms with Crippen molar-refractivity contribution in [2.45, 2.75) is 25.3 Å². The van der Waals surface area contributed by atoms with E-state index in [4.69, 9.17) is 10.5 Å². The van der Waals surface area contributed by atoms with Gasteiger partial charge in [0.2, 0.25) is 5.91 Å². The maximum atomic E-state index is 12.6. The topological polar surface area (TPSA) is 93.5 Å². The van der Waals surface area contributed by atoms with Crippen LogP contribution in [-0.4, -0.2) is 30.6 Å². The Hall–Kier alpha value is -2.70. The van der Waals surface area contributed by atoms with Gasteiger partial charge in [0.15, 0.2) is 0 Å². The van der Waals surface area contributed by atoms with Crippen molar-refractivity contribution in [3.63, 3.8) is 0 Å². The van der Waals surface area contributed by atoms with E-state index in [1.54, 1.807) is 30.3 Å². The first kappa shape index (κ1) is 18.1. The highest BCUT2D eigenvalue weighted by Gasteiger charge is 2.36. The van der Waals surface area contributed by atoms with Gasteiger partial charge in [0.05, 0.1) is 0 Å². The van der Waals surface area contributed by atoms with Crippen LogP contribution >= 0.6 is 0 Å². The van der Waals surface area contributed by atoms with Gasteiger partial charge in [0.1, 0.15) is 5.54 Å². The minimum absolute atomic E-state index is 0.197. The number of carbonyl (C=O) groups is 2. The zero-order chi connectivity index (χ0) is 18.6. The van der Waals surface area contributed by atoms with Gasteiger partial charge >= 0.3 is 0 Å². The van der Waals surface area contributed by atoms with Crippen molar-refractivity contribution < 1.29 is 14.3 Å². The van der Waals surface area contributed by atoms with Gasteiger partial charge in [-0.25, -0.2) is 0 Å². The number of carbonyl (C=O) groups excluding carboxylic acids is 2. The molecule has 0 radical (unpaired) electrons. The van der Waals surface area contributed by atoms with Crippen LogP contribution in [0, 0.1) is 6.92 Å². The second-order valence-corrected chi connectivity index (χ2v) is 6.52.